The van der Waals surface area contributed by atoms with Crippen LogP contribution in [0.5, 0.6) is 0 Å². The molecule has 1 atom stereocenters. The van der Waals surface area contributed by atoms with Gasteiger partial charge in [0, 0.05) is 24.4 Å². The molecule has 0 bridgehead atoms. The molecule has 1 aromatic carbocycles. The first-order chi connectivity index (χ1) is 8.58. The number of aryl methyl sites for hydroxylation is 3. The van der Waals surface area contributed by atoms with Gasteiger partial charge in [-0.2, -0.15) is 0 Å². The molecule has 2 rings (SSSR count). The Morgan fingerprint density at radius 1 is 1.05 bits per heavy atom. The van der Waals surface area contributed by atoms with Crippen LogP contribution in [0, 0.1) is 20.8 Å². The summed E-state index contributed by atoms with van der Waals surface area (Å²) in [6.07, 6.45) is 6.51. The third kappa shape index (κ3) is 4.46. The van der Waals surface area contributed by atoms with Gasteiger partial charge in [-0.3, -0.25) is 4.79 Å². The second kappa shape index (κ2) is 7.63. The molecule has 19 heavy (non-hydrogen) atoms. The topological polar surface area (TPSA) is 17.1 Å². The first-order valence-electron chi connectivity index (χ1n) is 6.96. The molecule has 1 fully saturated rings. The normalized spacial score (nSPS) is 16.6. The maximum atomic E-state index is 12.5. The van der Waals surface area contributed by atoms with Crippen LogP contribution >= 0.6 is 8.58 Å². The molecule has 0 heterocycles. The van der Waals surface area contributed by atoms with E-state index in [0.29, 0.717) is 19.8 Å². The van der Waals surface area contributed by atoms with Gasteiger partial charge in [0.25, 0.3) is 0 Å². The van der Waals surface area contributed by atoms with Crippen LogP contribution in [-0.2, 0) is 0 Å². The molecule has 1 aliphatic rings. The Kier molecular flexibility index (Phi) is 6.82. The van der Waals surface area contributed by atoms with Crippen LogP contribution in [0.4, 0.5) is 0 Å². The SMILES string of the molecule is Cc1cc(C)c(C(=O)PC2CCCCC2)c(C)c1.[Li]. The van der Waals surface area contributed by atoms with Crippen molar-refractivity contribution >= 4 is 33.0 Å². The van der Waals surface area contributed by atoms with Gasteiger partial charge >= 0.3 is 0 Å². The van der Waals surface area contributed by atoms with Crippen molar-refractivity contribution in [3.8, 4) is 0 Å². The van der Waals surface area contributed by atoms with Crippen molar-refractivity contribution in [1.82, 2.24) is 0 Å². The molecule has 0 N–H and O–H groups in total. The molecular formula is C16H23LiOP. The third-order valence-corrected chi connectivity index (χ3v) is 5.34. The Morgan fingerprint density at radius 2 is 1.58 bits per heavy atom. The maximum Gasteiger partial charge on any atom is 0.181 e. The van der Waals surface area contributed by atoms with Crippen LogP contribution in [0.25, 0.3) is 0 Å². The first kappa shape index (κ1) is 17.0. The van der Waals surface area contributed by atoms with Gasteiger partial charge in [-0.15, -0.1) is 0 Å². The molecule has 3 heteroatoms. The Morgan fingerprint density at radius 3 is 2.11 bits per heavy atom. The molecule has 99 valence electrons. The van der Waals surface area contributed by atoms with Crippen LogP contribution in [0.1, 0.15) is 59.2 Å². The molecule has 0 aromatic heterocycles. The van der Waals surface area contributed by atoms with Gasteiger partial charge in [0.2, 0.25) is 0 Å². The summed E-state index contributed by atoms with van der Waals surface area (Å²) >= 11 is 0. The number of carbonyl (C=O) groups excluding carboxylic acids is 1. The summed E-state index contributed by atoms with van der Waals surface area (Å²) in [4.78, 5) is 12.5. The molecule has 0 spiro atoms. The fourth-order valence-corrected chi connectivity index (χ4v) is 4.65. The zero-order chi connectivity index (χ0) is 13.1. The van der Waals surface area contributed by atoms with E-state index in [1.807, 2.05) is 0 Å². The number of hydrogen-bond acceptors (Lipinski definition) is 1. The monoisotopic (exact) mass is 269 g/mol. The molecule has 1 nitrogen and oxygen atoms in total. The molecule has 0 saturated heterocycles. The van der Waals surface area contributed by atoms with Gasteiger partial charge in [0.1, 0.15) is 0 Å². The Bertz CT molecular complexity index is 427. The molecule has 1 aliphatic carbocycles. The van der Waals surface area contributed by atoms with Crippen LogP contribution < -0.4 is 0 Å². The van der Waals surface area contributed by atoms with E-state index >= 15 is 0 Å². The van der Waals surface area contributed by atoms with E-state index in [-0.39, 0.29) is 18.9 Å². The minimum absolute atomic E-state index is 0. The van der Waals surface area contributed by atoms with Gasteiger partial charge < -0.3 is 0 Å². The largest absolute Gasteiger partial charge is 0.289 e. The predicted octanol–water partition coefficient (Wildman–Crippen LogP) is 4.38. The predicted molar refractivity (Wildman–Crippen MR) is 85.9 cm³/mol. The Hall–Kier alpha value is -0.0826. The van der Waals surface area contributed by atoms with Crippen molar-refractivity contribution in [1.29, 1.82) is 0 Å². The quantitative estimate of drug-likeness (QED) is 0.587. The fraction of sp³-hybridized carbons (Fsp3) is 0.562. The van der Waals surface area contributed by atoms with Crippen molar-refractivity contribution in [3.05, 3.63) is 34.4 Å². The van der Waals surface area contributed by atoms with Gasteiger partial charge in [0.05, 0.1) is 0 Å². The van der Waals surface area contributed by atoms with E-state index in [1.165, 1.54) is 37.7 Å². The smallest absolute Gasteiger partial charge is 0.181 e. The number of rotatable bonds is 3. The van der Waals surface area contributed by atoms with Crippen LogP contribution in [0.15, 0.2) is 12.1 Å². The van der Waals surface area contributed by atoms with E-state index in [9.17, 15) is 4.79 Å². The molecule has 1 radical (unpaired) electrons. The average Bonchev–Trinajstić information content (AvgIpc) is 2.28. The fourth-order valence-electron chi connectivity index (χ4n) is 3.04. The third-order valence-electron chi connectivity index (χ3n) is 3.84. The summed E-state index contributed by atoms with van der Waals surface area (Å²) in [5, 5.41) is 0. The first-order valence-corrected chi connectivity index (χ1v) is 8.04. The van der Waals surface area contributed by atoms with Gasteiger partial charge in [-0.25, -0.2) is 0 Å². The van der Waals surface area contributed by atoms with Gasteiger partial charge in [-0.1, -0.05) is 37.0 Å². The van der Waals surface area contributed by atoms with Crippen LogP contribution in [0.3, 0.4) is 0 Å². The molecule has 1 unspecified atom stereocenters. The van der Waals surface area contributed by atoms with Crippen LogP contribution in [0.2, 0.25) is 0 Å². The molecular weight excluding hydrogens is 246 g/mol. The number of hydrogen-bond donors (Lipinski definition) is 0. The van der Waals surface area contributed by atoms with Crippen molar-refractivity contribution < 1.29 is 4.79 Å². The van der Waals surface area contributed by atoms with Crippen molar-refractivity contribution in [2.24, 2.45) is 0 Å². The Labute approximate surface area is 130 Å². The van der Waals surface area contributed by atoms with E-state index < -0.39 is 0 Å². The zero-order valence-electron chi connectivity index (χ0n) is 12.7. The van der Waals surface area contributed by atoms with Crippen molar-refractivity contribution in [2.45, 2.75) is 58.5 Å². The van der Waals surface area contributed by atoms with E-state index in [4.69, 9.17) is 0 Å². The van der Waals surface area contributed by atoms with Gasteiger partial charge in [-0.05, 0) is 59.0 Å². The average molecular weight is 269 g/mol. The standard InChI is InChI=1S/C16H23OP.Li/c1-11-9-12(2)15(13(3)10-11)16(17)18-14-7-5-4-6-8-14;/h9-10,14,18H,4-8H2,1-3H3;. The summed E-state index contributed by atoms with van der Waals surface area (Å²) in [5.41, 5.74) is 5.59. The summed E-state index contributed by atoms with van der Waals surface area (Å²) in [6, 6.07) is 4.26. The second-order valence-corrected chi connectivity index (χ2v) is 7.14. The van der Waals surface area contributed by atoms with Crippen molar-refractivity contribution in [3.63, 3.8) is 0 Å². The molecule has 0 amide bonds. The minimum Gasteiger partial charge on any atom is -0.289 e. The number of carbonyl (C=O) groups is 1. The van der Waals surface area contributed by atoms with Crippen molar-refractivity contribution in [2.75, 3.05) is 0 Å². The molecule has 1 saturated carbocycles. The van der Waals surface area contributed by atoms with Gasteiger partial charge in [0.15, 0.2) is 5.52 Å². The van der Waals surface area contributed by atoms with E-state index in [0.717, 1.165) is 16.7 Å². The molecule has 0 aliphatic heterocycles. The summed E-state index contributed by atoms with van der Waals surface area (Å²) < 4.78 is 0. The minimum atomic E-state index is 0. The van der Waals surface area contributed by atoms with Crippen LogP contribution in [-0.4, -0.2) is 30.0 Å². The summed E-state index contributed by atoms with van der Waals surface area (Å²) in [7, 11) is 0.483. The maximum absolute atomic E-state index is 12.5. The number of benzene rings is 1. The molecule has 1 aromatic rings. The van der Waals surface area contributed by atoms with E-state index in [1.54, 1.807) is 0 Å². The Balaban J connectivity index is 0.00000180. The van der Waals surface area contributed by atoms with E-state index in [2.05, 4.69) is 32.9 Å². The summed E-state index contributed by atoms with van der Waals surface area (Å²) in [5.74, 6) is 0. The summed E-state index contributed by atoms with van der Waals surface area (Å²) in [6.45, 7) is 6.23. The second-order valence-electron chi connectivity index (χ2n) is 5.58. The zero-order valence-corrected chi connectivity index (χ0v) is 13.7.